The molecule has 3 fully saturated rings. The molecule has 2 N–H and O–H groups in total. The van der Waals surface area contributed by atoms with Crippen LogP contribution in [0.5, 0.6) is 0 Å². The summed E-state index contributed by atoms with van der Waals surface area (Å²) in [6, 6.07) is 0. The largest absolute Gasteiger partial charge is 0.393 e. The van der Waals surface area contributed by atoms with E-state index in [-0.39, 0.29) is 29.5 Å². The van der Waals surface area contributed by atoms with Gasteiger partial charge in [0.1, 0.15) is 0 Å². The Morgan fingerprint density at radius 1 is 1.44 bits per heavy atom. The predicted molar refractivity (Wildman–Crippen MR) is 68.7 cm³/mol. The van der Waals surface area contributed by atoms with Gasteiger partial charge in [0.2, 0.25) is 0 Å². The second-order valence-corrected chi connectivity index (χ2v) is 6.94. The monoisotopic (exact) mass is 252 g/mol. The standard InChI is InChI=1S/C15H24O3/c1-8(2)12-7-14-10(4)13(16)5-11(14)9(3)6-15(12,17)18-14/h8,10-13,16-17H,3,5-7H2,1-2,4H3. The third-order valence-electron chi connectivity index (χ3n) is 5.68. The zero-order chi connectivity index (χ0) is 13.3. The average Bonchev–Trinajstić information content (AvgIpc) is 2.66. The fourth-order valence-electron chi connectivity index (χ4n) is 4.61. The van der Waals surface area contributed by atoms with Gasteiger partial charge in [-0.25, -0.2) is 0 Å². The second-order valence-electron chi connectivity index (χ2n) is 6.94. The van der Waals surface area contributed by atoms with Crippen LogP contribution in [0.3, 0.4) is 0 Å². The van der Waals surface area contributed by atoms with Crippen molar-refractivity contribution in [2.75, 3.05) is 0 Å². The second kappa shape index (κ2) is 3.59. The third kappa shape index (κ3) is 1.36. The predicted octanol–water partition coefficient (Wildman–Crippen LogP) is 2.08. The number of ether oxygens (including phenoxy) is 1. The first-order valence-electron chi connectivity index (χ1n) is 7.08. The summed E-state index contributed by atoms with van der Waals surface area (Å²) in [5, 5.41) is 21.0. The molecule has 0 aromatic carbocycles. The van der Waals surface area contributed by atoms with E-state index in [1.165, 1.54) is 0 Å². The maximum absolute atomic E-state index is 10.8. The smallest absolute Gasteiger partial charge is 0.173 e. The van der Waals surface area contributed by atoms with E-state index in [0.717, 1.165) is 18.4 Å². The van der Waals surface area contributed by atoms with Crippen molar-refractivity contribution in [3.8, 4) is 0 Å². The summed E-state index contributed by atoms with van der Waals surface area (Å²) in [5.41, 5.74) is 0.689. The summed E-state index contributed by atoms with van der Waals surface area (Å²) in [5.74, 6) is -0.237. The van der Waals surface area contributed by atoms with Gasteiger partial charge in [-0.1, -0.05) is 32.9 Å². The first-order valence-corrected chi connectivity index (χ1v) is 7.08. The van der Waals surface area contributed by atoms with Crippen molar-refractivity contribution in [3.05, 3.63) is 12.2 Å². The van der Waals surface area contributed by atoms with Crippen molar-refractivity contribution in [2.45, 2.75) is 57.5 Å². The molecule has 0 aromatic rings. The van der Waals surface area contributed by atoms with Crippen LogP contribution >= 0.6 is 0 Å². The minimum absolute atomic E-state index is 0.0785. The first-order chi connectivity index (χ1) is 8.30. The van der Waals surface area contributed by atoms with E-state index in [9.17, 15) is 10.2 Å². The highest BCUT2D eigenvalue weighted by Crippen LogP contribution is 2.63. The molecule has 1 spiro atoms. The first kappa shape index (κ1) is 12.6. The molecule has 3 aliphatic rings. The van der Waals surface area contributed by atoms with Crippen molar-refractivity contribution >= 4 is 0 Å². The Labute approximate surface area is 109 Å². The molecule has 18 heavy (non-hydrogen) atoms. The van der Waals surface area contributed by atoms with Gasteiger partial charge >= 0.3 is 0 Å². The van der Waals surface area contributed by atoms with Gasteiger partial charge in [-0.15, -0.1) is 0 Å². The van der Waals surface area contributed by atoms with Crippen LogP contribution in [-0.4, -0.2) is 27.7 Å². The molecule has 3 nitrogen and oxygen atoms in total. The Morgan fingerprint density at radius 3 is 2.72 bits per heavy atom. The van der Waals surface area contributed by atoms with E-state index in [1.54, 1.807) is 0 Å². The minimum Gasteiger partial charge on any atom is -0.393 e. The summed E-state index contributed by atoms with van der Waals surface area (Å²) >= 11 is 0. The number of aliphatic hydroxyl groups excluding tert-OH is 1. The Morgan fingerprint density at radius 2 is 2.11 bits per heavy atom. The summed E-state index contributed by atoms with van der Waals surface area (Å²) in [6.07, 6.45) is 1.78. The molecule has 2 heterocycles. The Kier molecular flexibility index (Phi) is 2.52. The van der Waals surface area contributed by atoms with Gasteiger partial charge in [-0.05, 0) is 18.8 Å². The lowest BCUT2D eigenvalue weighted by Crippen LogP contribution is -2.49. The number of hydrogen-bond acceptors (Lipinski definition) is 3. The third-order valence-corrected chi connectivity index (χ3v) is 5.68. The van der Waals surface area contributed by atoms with Crippen molar-refractivity contribution in [2.24, 2.45) is 23.7 Å². The normalized spacial score (nSPS) is 55.1. The van der Waals surface area contributed by atoms with Gasteiger partial charge in [-0.2, -0.15) is 0 Å². The fraction of sp³-hybridized carbons (Fsp3) is 0.867. The molecule has 102 valence electrons. The summed E-state index contributed by atoms with van der Waals surface area (Å²) in [7, 11) is 0. The molecule has 2 aliphatic heterocycles. The number of rotatable bonds is 1. The Hall–Kier alpha value is -0.380. The molecule has 0 amide bonds. The number of hydrogen-bond donors (Lipinski definition) is 2. The lowest BCUT2D eigenvalue weighted by molar-refractivity contribution is -0.270. The van der Waals surface area contributed by atoms with E-state index in [1.807, 2.05) is 6.92 Å². The highest BCUT2D eigenvalue weighted by atomic mass is 16.7. The van der Waals surface area contributed by atoms with Crippen molar-refractivity contribution < 1.29 is 14.9 Å². The number of aliphatic hydroxyl groups is 2. The maximum atomic E-state index is 10.8. The number of fused-ring (bicyclic) bond motifs is 1. The van der Waals surface area contributed by atoms with Crippen LogP contribution in [0.4, 0.5) is 0 Å². The summed E-state index contributed by atoms with van der Waals surface area (Å²) in [4.78, 5) is 0. The Balaban J connectivity index is 2.05. The van der Waals surface area contributed by atoms with Gasteiger partial charge in [0.05, 0.1) is 11.7 Å². The lowest BCUT2D eigenvalue weighted by Gasteiger charge is -2.43. The molecule has 0 radical (unpaired) electrons. The van der Waals surface area contributed by atoms with Crippen LogP contribution in [0, 0.1) is 23.7 Å². The van der Waals surface area contributed by atoms with Crippen LogP contribution in [0.1, 0.15) is 40.0 Å². The molecule has 1 saturated carbocycles. The molecule has 3 heteroatoms. The average molecular weight is 252 g/mol. The topological polar surface area (TPSA) is 49.7 Å². The summed E-state index contributed by atoms with van der Waals surface area (Å²) < 4.78 is 6.16. The molecule has 2 bridgehead atoms. The quantitative estimate of drug-likeness (QED) is 0.703. The molecule has 2 saturated heterocycles. The molecular weight excluding hydrogens is 228 g/mol. The molecule has 0 aromatic heterocycles. The zero-order valence-electron chi connectivity index (χ0n) is 11.5. The van der Waals surface area contributed by atoms with Gasteiger partial charge < -0.3 is 14.9 Å². The van der Waals surface area contributed by atoms with E-state index in [4.69, 9.17) is 4.74 Å². The minimum atomic E-state index is -1.06. The van der Waals surface area contributed by atoms with Crippen LogP contribution in [0.15, 0.2) is 12.2 Å². The fourth-order valence-corrected chi connectivity index (χ4v) is 4.61. The molecule has 6 atom stereocenters. The maximum Gasteiger partial charge on any atom is 0.173 e. The SMILES string of the molecule is C=C1CC2(O)OC3(CC2C(C)C)C1CC(O)C3C. The Bertz CT molecular complexity index is 391. The van der Waals surface area contributed by atoms with Gasteiger partial charge in [0.25, 0.3) is 0 Å². The van der Waals surface area contributed by atoms with Gasteiger partial charge in [-0.3, -0.25) is 0 Å². The van der Waals surface area contributed by atoms with Crippen molar-refractivity contribution in [3.63, 3.8) is 0 Å². The van der Waals surface area contributed by atoms with E-state index in [2.05, 4.69) is 20.4 Å². The van der Waals surface area contributed by atoms with E-state index in [0.29, 0.717) is 12.3 Å². The van der Waals surface area contributed by atoms with Gasteiger partial charge in [0, 0.05) is 24.2 Å². The van der Waals surface area contributed by atoms with Crippen LogP contribution < -0.4 is 0 Å². The van der Waals surface area contributed by atoms with Crippen LogP contribution in [0.25, 0.3) is 0 Å². The lowest BCUT2D eigenvalue weighted by atomic mass is 9.77. The van der Waals surface area contributed by atoms with Crippen LogP contribution in [0.2, 0.25) is 0 Å². The van der Waals surface area contributed by atoms with Gasteiger partial charge in [0.15, 0.2) is 5.79 Å². The summed E-state index contributed by atoms with van der Waals surface area (Å²) in [6.45, 7) is 10.5. The molecule has 1 aliphatic carbocycles. The molecular formula is C15H24O3. The van der Waals surface area contributed by atoms with E-state index < -0.39 is 5.79 Å². The highest BCUT2D eigenvalue weighted by molar-refractivity contribution is 5.26. The molecule has 6 unspecified atom stereocenters. The molecule has 3 rings (SSSR count). The van der Waals surface area contributed by atoms with Crippen LogP contribution in [-0.2, 0) is 4.74 Å². The van der Waals surface area contributed by atoms with E-state index >= 15 is 0 Å². The van der Waals surface area contributed by atoms with Crippen molar-refractivity contribution in [1.82, 2.24) is 0 Å². The zero-order valence-corrected chi connectivity index (χ0v) is 11.5. The van der Waals surface area contributed by atoms with Crippen molar-refractivity contribution in [1.29, 1.82) is 0 Å². The highest BCUT2D eigenvalue weighted by Gasteiger charge is 2.68.